The van der Waals surface area contributed by atoms with E-state index in [4.69, 9.17) is 0 Å². The largest absolute Gasteiger partial charge is 0.115 e. The van der Waals surface area contributed by atoms with Gasteiger partial charge in [-0.2, -0.15) is 0 Å². The second-order valence-corrected chi connectivity index (χ2v) is 6.19. The van der Waals surface area contributed by atoms with E-state index in [-0.39, 0.29) is 0 Å². The van der Waals surface area contributed by atoms with Crippen LogP contribution < -0.4 is 0 Å². The number of thioether (sulfide) groups is 2. The lowest BCUT2D eigenvalue weighted by Crippen LogP contribution is -2.01. The zero-order chi connectivity index (χ0) is 8.01. The predicted molar refractivity (Wildman–Crippen MR) is 54.6 cm³/mol. The first-order valence-corrected chi connectivity index (χ1v) is 5.63. The Hall–Kier alpha value is 0.180. The van der Waals surface area contributed by atoms with Crippen molar-refractivity contribution in [1.29, 1.82) is 0 Å². The first-order chi connectivity index (χ1) is 5.18. The molecule has 0 amide bonds. The zero-order valence-electron chi connectivity index (χ0n) is 7.05. The van der Waals surface area contributed by atoms with Gasteiger partial charge in [0.1, 0.15) is 0 Å². The summed E-state index contributed by atoms with van der Waals surface area (Å²) in [6.07, 6.45) is 2.41. The van der Waals surface area contributed by atoms with Crippen LogP contribution in [0, 0.1) is 5.92 Å². The molecule has 0 aromatic heterocycles. The van der Waals surface area contributed by atoms with E-state index < -0.39 is 0 Å². The molecule has 2 heterocycles. The second-order valence-electron chi connectivity index (χ2n) is 3.15. The Morgan fingerprint density at radius 2 is 1.91 bits per heavy atom. The molecule has 11 heavy (non-hydrogen) atoms. The molecule has 0 spiro atoms. The third-order valence-electron chi connectivity index (χ3n) is 2.36. The summed E-state index contributed by atoms with van der Waals surface area (Å²) in [5.74, 6) is 0.741. The van der Waals surface area contributed by atoms with E-state index in [0.717, 1.165) is 10.5 Å². The van der Waals surface area contributed by atoms with Crippen LogP contribution in [0.1, 0.15) is 20.8 Å². The van der Waals surface area contributed by atoms with Crippen LogP contribution in [-0.4, -0.2) is 4.58 Å². The van der Waals surface area contributed by atoms with Gasteiger partial charge in [0, 0.05) is 5.92 Å². The molecule has 0 aromatic rings. The molecule has 0 radical (unpaired) electrons. The van der Waals surface area contributed by atoms with Crippen molar-refractivity contribution >= 4 is 23.5 Å². The van der Waals surface area contributed by atoms with Gasteiger partial charge in [0.15, 0.2) is 0 Å². The summed E-state index contributed by atoms with van der Waals surface area (Å²) >= 11 is 4.06. The molecule has 2 atom stereocenters. The van der Waals surface area contributed by atoms with Gasteiger partial charge in [-0.3, -0.25) is 0 Å². The molecule has 0 saturated heterocycles. The highest BCUT2D eigenvalue weighted by Gasteiger charge is 2.34. The van der Waals surface area contributed by atoms with Gasteiger partial charge in [-0.25, -0.2) is 0 Å². The quantitative estimate of drug-likeness (QED) is 0.564. The summed E-state index contributed by atoms with van der Waals surface area (Å²) in [6, 6.07) is 0. The van der Waals surface area contributed by atoms with Crippen LogP contribution in [0.25, 0.3) is 0 Å². The molecular weight excluding hydrogens is 172 g/mol. The lowest BCUT2D eigenvalue weighted by Gasteiger charge is -2.06. The molecule has 0 N–H and O–H groups in total. The average Bonchev–Trinajstić information content (AvgIpc) is 2.37. The summed E-state index contributed by atoms with van der Waals surface area (Å²) in [6.45, 7) is 6.72. The summed E-state index contributed by atoms with van der Waals surface area (Å²) in [5.41, 5.74) is 1.59. The Labute approximate surface area is 76.5 Å². The summed E-state index contributed by atoms with van der Waals surface area (Å²) in [5, 5.41) is 0. The van der Waals surface area contributed by atoms with Gasteiger partial charge in [-0.15, -0.1) is 23.5 Å². The lowest BCUT2D eigenvalue weighted by atomic mass is 10.0. The third-order valence-corrected chi connectivity index (χ3v) is 5.17. The Morgan fingerprint density at radius 1 is 1.18 bits per heavy atom. The molecule has 0 nitrogen and oxygen atoms in total. The van der Waals surface area contributed by atoms with E-state index in [2.05, 4.69) is 26.8 Å². The maximum absolute atomic E-state index is 2.41. The maximum atomic E-state index is 2.41. The van der Waals surface area contributed by atoms with Gasteiger partial charge in [-0.05, 0) is 30.6 Å². The predicted octanol–water partition coefficient (Wildman–Crippen LogP) is 3.62. The van der Waals surface area contributed by atoms with Gasteiger partial charge >= 0.3 is 0 Å². The van der Waals surface area contributed by atoms with E-state index in [9.17, 15) is 0 Å². The van der Waals surface area contributed by atoms with E-state index >= 15 is 0 Å². The van der Waals surface area contributed by atoms with Crippen LogP contribution in [0.15, 0.2) is 21.5 Å². The van der Waals surface area contributed by atoms with Crippen molar-refractivity contribution in [3.8, 4) is 0 Å². The smallest absolute Gasteiger partial charge is 0.0690 e. The molecule has 0 aliphatic carbocycles. The van der Waals surface area contributed by atoms with Crippen LogP contribution in [0.3, 0.4) is 0 Å². The molecule has 0 fully saturated rings. The number of hydrogen-bond donors (Lipinski definition) is 0. The Balaban J connectivity index is 2.29. The number of rotatable bonds is 0. The maximum Gasteiger partial charge on any atom is 0.0690 e. The van der Waals surface area contributed by atoms with Gasteiger partial charge < -0.3 is 0 Å². The van der Waals surface area contributed by atoms with Crippen molar-refractivity contribution in [3.63, 3.8) is 0 Å². The third kappa shape index (κ3) is 1.17. The molecular formula is C9H12S2. The van der Waals surface area contributed by atoms with Gasteiger partial charge in [0.2, 0.25) is 0 Å². The average molecular weight is 184 g/mol. The SMILES string of the molecule is CC1=CC2C(C)=C(C)SC2S1. The van der Waals surface area contributed by atoms with Gasteiger partial charge in [-0.1, -0.05) is 11.6 Å². The summed E-state index contributed by atoms with van der Waals surface area (Å²) < 4.78 is 0.773. The van der Waals surface area contributed by atoms with E-state index in [1.165, 1.54) is 9.81 Å². The normalized spacial score (nSPS) is 36.1. The van der Waals surface area contributed by atoms with Crippen LogP contribution in [-0.2, 0) is 0 Å². The standard InChI is InChI=1S/C9H12S2/c1-5-4-8-6(2)7(3)11-9(8)10-5/h4,8-9H,1-3H3. The molecule has 0 aromatic carbocycles. The van der Waals surface area contributed by atoms with Crippen molar-refractivity contribution in [2.75, 3.05) is 0 Å². The fourth-order valence-electron chi connectivity index (χ4n) is 1.56. The van der Waals surface area contributed by atoms with Gasteiger partial charge in [0.05, 0.1) is 4.58 Å². The molecule has 2 unspecified atom stereocenters. The van der Waals surface area contributed by atoms with Crippen LogP contribution >= 0.6 is 23.5 Å². The molecule has 2 aliphatic heterocycles. The van der Waals surface area contributed by atoms with Gasteiger partial charge in [0.25, 0.3) is 0 Å². The minimum Gasteiger partial charge on any atom is -0.115 e. The van der Waals surface area contributed by atoms with E-state index in [0.29, 0.717) is 0 Å². The minimum atomic E-state index is 0.741. The zero-order valence-corrected chi connectivity index (χ0v) is 8.68. The highest BCUT2D eigenvalue weighted by Crippen LogP contribution is 2.53. The first-order valence-electron chi connectivity index (χ1n) is 3.87. The molecule has 2 aliphatic rings. The van der Waals surface area contributed by atoms with E-state index in [1.807, 2.05) is 23.5 Å². The highest BCUT2D eigenvalue weighted by molar-refractivity contribution is 8.20. The minimum absolute atomic E-state index is 0.741. The number of allylic oxidation sites excluding steroid dienone is 4. The molecule has 2 heteroatoms. The monoisotopic (exact) mass is 184 g/mol. The topological polar surface area (TPSA) is 0 Å². The Morgan fingerprint density at radius 3 is 2.55 bits per heavy atom. The molecule has 0 bridgehead atoms. The molecule has 60 valence electrons. The molecule has 0 saturated carbocycles. The van der Waals surface area contributed by atoms with Crippen molar-refractivity contribution in [1.82, 2.24) is 0 Å². The fraction of sp³-hybridized carbons (Fsp3) is 0.556. The highest BCUT2D eigenvalue weighted by atomic mass is 32.2. The second kappa shape index (κ2) is 2.60. The van der Waals surface area contributed by atoms with Crippen molar-refractivity contribution in [2.24, 2.45) is 5.92 Å². The van der Waals surface area contributed by atoms with Crippen molar-refractivity contribution in [2.45, 2.75) is 25.4 Å². The van der Waals surface area contributed by atoms with Crippen LogP contribution in [0.4, 0.5) is 0 Å². The summed E-state index contributed by atoms with van der Waals surface area (Å²) in [4.78, 5) is 3.04. The van der Waals surface area contributed by atoms with Crippen LogP contribution in [0.5, 0.6) is 0 Å². The first kappa shape index (κ1) is 7.81. The van der Waals surface area contributed by atoms with E-state index in [1.54, 1.807) is 5.57 Å². The fourth-order valence-corrected chi connectivity index (χ4v) is 4.76. The van der Waals surface area contributed by atoms with Crippen molar-refractivity contribution < 1.29 is 0 Å². The van der Waals surface area contributed by atoms with Crippen molar-refractivity contribution in [3.05, 3.63) is 21.5 Å². The molecule has 2 rings (SSSR count). The lowest BCUT2D eigenvalue weighted by molar-refractivity contribution is 0.868. The number of hydrogen-bond acceptors (Lipinski definition) is 2. The Kier molecular flexibility index (Phi) is 1.84. The van der Waals surface area contributed by atoms with Crippen LogP contribution in [0.2, 0.25) is 0 Å². The number of fused-ring (bicyclic) bond motifs is 1. The summed E-state index contributed by atoms with van der Waals surface area (Å²) in [7, 11) is 0. The Bertz CT molecular complexity index is 250.